The van der Waals surface area contributed by atoms with Gasteiger partial charge in [-0.25, -0.2) is 0 Å². The molecule has 1 rings (SSSR count). The van der Waals surface area contributed by atoms with Crippen LogP contribution in [0.5, 0.6) is 0 Å². The molecule has 0 unspecified atom stereocenters. The van der Waals surface area contributed by atoms with Crippen molar-refractivity contribution in [1.82, 2.24) is 0 Å². The Labute approximate surface area is 109 Å². The van der Waals surface area contributed by atoms with E-state index in [1.54, 1.807) is 13.0 Å². The van der Waals surface area contributed by atoms with Crippen molar-refractivity contribution < 1.29 is 4.92 Å². The molecule has 1 aromatic rings. The number of anilines is 1. The van der Waals surface area contributed by atoms with E-state index in [0.29, 0.717) is 0 Å². The number of rotatable bonds is 6. The zero-order valence-electron chi connectivity index (χ0n) is 11.7. The standard InChI is InChI=1S/C14H22N2O2/c1-5-7-15(8-6-2)13-9-12(4)14(16(17)18)10-11(13)3/h9-10H,5-8H2,1-4H3. The maximum absolute atomic E-state index is 10.9. The van der Waals surface area contributed by atoms with Gasteiger partial charge >= 0.3 is 0 Å². The predicted octanol–water partition coefficient (Wildman–Crippen LogP) is 3.84. The van der Waals surface area contributed by atoms with Crippen molar-refractivity contribution in [2.75, 3.05) is 18.0 Å². The van der Waals surface area contributed by atoms with E-state index in [0.717, 1.165) is 42.7 Å². The summed E-state index contributed by atoms with van der Waals surface area (Å²) in [7, 11) is 0. The maximum atomic E-state index is 10.9. The molecule has 0 atom stereocenters. The van der Waals surface area contributed by atoms with Crippen LogP contribution in [0.15, 0.2) is 12.1 Å². The first-order chi connectivity index (χ1) is 8.51. The number of aryl methyl sites for hydroxylation is 2. The highest BCUT2D eigenvalue weighted by atomic mass is 16.6. The largest absolute Gasteiger partial charge is 0.371 e. The lowest BCUT2D eigenvalue weighted by Crippen LogP contribution is -2.25. The fourth-order valence-corrected chi connectivity index (χ4v) is 2.22. The van der Waals surface area contributed by atoms with Crippen LogP contribution in [0.3, 0.4) is 0 Å². The molecule has 4 heteroatoms. The van der Waals surface area contributed by atoms with Gasteiger partial charge in [-0.15, -0.1) is 0 Å². The smallest absolute Gasteiger partial charge is 0.272 e. The van der Waals surface area contributed by atoms with Crippen molar-refractivity contribution >= 4 is 11.4 Å². The lowest BCUT2D eigenvalue weighted by Gasteiger charge is -2.26. The number of nitro groups is 1. The van der Waals surface area contributed by atoms with Crippen LogP contribution in [-0.4, -0.2) is 18.0 Å². The first-order valence-electron chi connectivity index (χ1n) is 6.51. The molecule has 4 nitrogen and oxygen atoms in total. The van der Waals surface area contributed by atoms with Gasteiger partial charge in [0.15, 0.2) is 0 Å². The number of hydrogen-bond donors (Lipinski definition) is 0. The Balaban J connectivity index is 3.15. The van der Waals surface area contributed by atoms with Gasteiger partial charge in [-0.1, -0.05) is 13.8 Å². The highest BCUT2D eigenvalue weighted by Gasteiger charge is 2.16. The minimum absolute atomic E-state index is 0.212. The van der Waals surface area contributed by atoms with Crippen molar-refractivity contribution in [2.45, 2.75) is 40.5 Å². The monoisotopic (exact) mass is 250 g/mol. The molecule has 1 aromatic carbocycles. The molecule has 0 fully saturated rings. The fraction of sp³-hybridized carbons (Fsp3) is 0.571. The van der Waals surface area contributed by atoms with E-state index in [9.17, 15) is 10.1 Å². The molecule has 0 saturated carbocycles. The van der Waals surface area contributed by atoms with Crippen LogP contribution in [0, 0.1) is 24.0 Å². The summed E-state index contributed by atoms with van der Waals surface area (Å²) in [6, 6.07) is 3.63. The third-order valence-electron chi connectivity index (χ3n) is 3.04. The summed E-state index contributed by atoms with van der Waals surface area (Å²) < 4.78 is 0. The quantitative estimate of drug-likeness (QED) is 0.569. The van der Waals surface area contributed by atoms with Crippen LogP contribution in [-0.2, 0) is 0 Å². The molecular weight excluding hydrogens is 228 g/mol. The van der Waals surface area contributed by atoms with E-state index in [4.69, 9.17) is 0 Å². The predicted molar refractivity (Wildman–Crippen MR) is 75.4 cm³/mol. The molecule has 0 bridgehead atoms. The van der Waals surface area contributed by atoms with E-state index >= 15 is 0 Å². The van der Waals surface area contributed by atoms with Gasteiger partial charge in [0.05, 0.1) is 4.92 Å². The molecule has 0 aliphatic rings. The average molecular weight is 250 g/mol. The second-order valence-corrected chi connectivity index (χ2v) is 4.67. The Kier molecular flexibility index (Phi) is 5.13. The fourth-order valence-electron chi connectivity index (χ4n) is 2.22. The van der Waals surface area contributed by atoms with Gasteiger partial charge in [-0.2, -0.15) is 0 Å². The summed E-state index contributed by atoms with van der Waals surface area (Å²) in [6.07, 6.45) is 2.16. The summed E-state index contributed by atoms with van der Waals surface area (Å²) in [5.74, 6) is 0. The highest BCUT2D eigenvalue weighted by Crippen LogP contribution is 2.28. The molecule has 0 amide bonds. The van der Waals surface area contributed by atoms with E-state index in [-0.39, 0.29) is 10.6 Å². The second kappa shape index (κ2) is 6.38. The minimum Gasteiger partial charge on any atom is -0.371 e. The molecule has 0 saturated heterocycles. The van der Waals surface area contributed by atoms with Crippen LogP contribution in [0.2, 0.25) is 0 Å². The molecule has 0 aliphatic heterocycles. The summed E-state index contributed by atoms with van der Waals surface area (Å²) in [5.41, 5.74) is 3.05. The Morgan fingerprint density at radius 2 is 1.67 bits per heavy atom. The SMILES string of the molecule is CCCN(CCC)c1cc(C)c([N+](=O)[O-])cc1C. The van der Waals surface area contributed by atoms with Gasteiger partial charge in [0.1, 0.15) is 0 Å². The summed E-state index contributed by atoms with van der Waals surface area (Å²) in [4.78, 5) is 12.9. The van der Waals surface area contributed by atoms with E-state index in [2.05, 4.69) is 18.7 Å². The first kappa shape index (κ1) is 14.5. The molecule has 0 spiro atoms. The number of hydrogen-bond acceptors (Lipinski definition) is 3. The van der Waals surface area contributed by atoms with Crippen LogP contribution in [0.4, 0.5) is 11.4 Å². The number of benzene rings is 1. The van der Waals surface area contributed by atoms with Gasteiger partial charge in [0.2, 0.25) is 0 Å². The maximum Gasteiger partial charge on any atom is 0.272 e. The number of nitrogens with zero attached hydrogens (tertiary/aromatic N) is 2. The van der Waals surface area contributed by atoms with E-state index in [1.807, 2.05) is 13.0 Å². The van der Waals surface area contributed by atoms with E-state index in [1.165, 1.54) is 0 Å². The molecule has 0 heterocycles. The van der Waals surface area contributed by atoms with Crippen LogP contribution >= 0.6 is 0 Å². The van der Waals surface area contributed by atoms with Crippen molar-refractivity contribution in [2.24, 2.45) is 0 Å². The highest BCUT2D eigenvalue weighted by molar-refractivity contribution is 5.60. The van der Waals surface area contributed by atoms with Crippen LogP contribution < -0.4 is 4.90 Å². The Hall–Kier alpha value is -1.58. The Bertz CT molecular complexity index is 424. The molecule has 0 N–H and O–H groups in total. The zero-order chi connectivity index (χ0) is 13.7. The van der Waals surface area contributed by atoms with Crippen molar-refractivity contribution in [3.8, 4) is 0 Å². The molecule has 0 radical (unpaired) electrons. The van der Waals surface area contributed by atoms with Gasteiger partial charge in [-0.3, -0.25) is 10.1 Å². The second-order valence-electron chi connectivity index (χ2n) is 4.67. The zero-order valence-corrected chi connectivity index (χ0v) is 11.7. The first-order valence-corrected chi connectivity index (χ1v) is 6.51. The molecule has 0 aliphatic carbocycles. The average Bonchev–Trinajstić information content (AvgIpc) is 2.31. The Morgan fingerprint density at radius 3 is 2.11 bits per heavy atom. The van der Waals surface area contributed by atoms with Gasteiger partial charge in [0.25, 0.3) is 5.69 Å². The third-order valence-corrected chi connectivity index (χ3v) is 3.04. The molecule has 0 aromatic heterocycles. The van der Waals surface area contributed by atoms with Crippen LogP contribution in [0.25, 0.3) is 0 Å². The Morgan fingerprint density at radius 1 is 1.11 bits per heavy atom. The molecule has 100 valence electrons. The minimum atomic E-state index is -0.309. The number of nitro benzene ring substituents is 1. The van der Waals surface area contributed by atoms with Gasteiger partial charge in [0, 0.05) is 30.4 Å². The topological polar surface area (TPSA) is 46.4 Å². The van der Waals surface area contributed by atoms with Gasteiger partial charge < -0.3 is 4.90 Å². The van der Waals surface area contributed by atoms with Crippen LogP contribution in [0.1, 0.15) is 37.8 Å². The summed E-state index contributed by atoms with van der Waals surface area (Å²) >= 11 is 0. The normalized spacial score (nSPS) is 10.4. The van der Waals surface area contributed by atoms with Gasteiger partial charge in [-0.05, 0) is 38.3 Å². The van der Waals surface area contributed by atoms with Crippen molar-refractivity contribution in [1.29, 1.82) is 0 Å². The summed E-state index contributed by atoms with van der Waals surface area (Å²) in [5, 5.41) is 10.9. The van der Waals surface area contributed by atoms with Crippen molar-refractivity contribution in [3.63, 3.8) is 0 Å². The lowest BCUT2D eigenvalue weighted by atomic mass is 10.1. The molecule has 18 heavy (non-hydrogen) atoms. The van der Waals surface area contributed by atoms with Crippen molar-refractivity contribution in [3.05, 3.63) is 33.4 Å². The lowest BCUT2D eigenvalue weighted by molar-refractivity contribution is -0.385. The molecular formula is C14H22N2O2. The van der Waals surface area contributed by atoms with E-state index < -0.39 is 0 Å². The summed E-state index contributed by atoms with van der Waals surface area (Å²) in [6.45, 7) is 10.0. The third kappa shape index (κ3) is 3.22.